The lowest BCUT2D eigenvalue weighted by atomic mass is 9.77. The molecule has 0 aromatic heterocycles. The molecule has 28 heavy (non-hydrogen) atoms. The third-order valence-corrected chi connectivity index (χ3v) is 6.06. The summed E-state index contributed by atoms with van der Waals surface area (Å²) in [4.78, 5) is 13.0. The molecular formula is C23H26ClNO3. The number of rotatable bonds is 4. The highest BCUT2D eigenvalue weighted by Gasteiger charge is 2.42. The predicted molar refractivity (Wildman–Crippen MR) is 110 cm³/mol. The summed E-state index contributed by atoms with van der Waals surface area (Å²) < 4.78 is 11.9. The van der Waals surface area contributed by atoms with Gasteiger partial charge in [-0.2, -0.15) is 0 Å². The molecule has 1 saturated carbocycles. The first-order valence-electron chi connectivity index (χ1n) is 10.1. The lowest BCUT2D eigenvalue weighted by molar-refractivity contribution is -0.00209. The van der Waals surface area contributed by atoms with Crippen molar-refractivity contribution in [1.82, 2.24) is 5.32 Å². The summed E-state index contributed by atoms with van der Waals surface area (Å²) in [5.74, 6) is 1.36. The molecule has 1 heterocycles. The smallest absolute Gasteiger partial charge is 0.251 e. The van der Waals surface area contributed by atoms with E-state index in [-0.39, 0.29) is 17.6 Å². The van der Waals surface area contributed by atoms with Gasteiger partial charge < -0.3 is 14.8 Å². The van der Waals surface area contributed by atoms with E-state index in [0.717, 1.165) is 30.6 Å². The molecule has 2 aromatic carbocycles. The fourth-order valence-corrected chi connectivity index (χ4v) is 4.64. The molecule has 0 radical (unpaired) electrons. The van der Waals surface area contributed by atoms with Gasteiger partial charge in [-0.05, 0) is 56.9 Å². The van der Waals surface area contributed by atoms with Gasteiger partial charge in [0, 0.05) is 17.5 Å². The van der Waals surface area contributed by atoms with Crippen molar-refractivity contribution in [1.29, 1.82) is 0 Å². The lowest BCUT2D eigenvalue weighted by Gasteiger charge is -2.44. The minimum Gasteiger partial charge on any atom is -0.492 e. The Morgan fingerprint density at radius 1 is 1.21 bits per heavy atom. The first-order chi connectivity index (χ1) is 13.6. The van der Waals surface area contributed by atoms with Gasteiger partial charge in [0.15, 0.2) is 0 Å². The van der Waals surface area contributed by atoms with Crippen LogP contribution in [0.4, 0.5) is 0 Å². The summed E-state index contributed by atoms with van der Waals surface area (Å²) in [5, 5.41) is 3.67. The van der Waals surface area contributed by atoms with Crippen molar-refractivity contribution in [3.8, 4) is 11.5 Å². The molecule has 1 aliphatic carbocycles. The van der Waals surface area contributed by atoms with Crippen molar-refractivity contribution in [2.24, 2.45) is 0 Å². The van der Waals surface area contributed by atoms with Crippen LogP contribution in [-0.4, -0.2) is 18.1 Å². The maximum Gasteiger partial charge on any atom is 0.251 e. The average Bonchev–Trinajstić information content (AvgIpc) is 2.70. The van der Waals surface area contributed by atoms with Crippen molar-refractivity contribution >= 4 is 17.5 Å². The zero-order chi connectivity index (χ0) is 19.6. The second-order valence-electron chi connectivity index (χ2n) is 7.69. The SMILES string of the molecule is CCOc1ccc(C(=O)N[C@H]2CC3(CCCCC3)Oc3ccccc32)cc1Cl. The van der Waals surface area contributed by atoms with E-state index < -0.39 is 0 Å². The van der Waals surface area contributed by atoms with Crippen LogP contribution in [0, 0.1) is 0 Å². The second-order valence-corrected chi connectivity index (χ2v) is 8.10. The molecule has 1 fully saturated rings. The van der Waals surface area contributed by atoms with Crippen LogP contribution in [0.1, 0.15) is 67.4 Å². The summed E-state index contributed by atoms with van der Waals surface area (Å²) in [6, 6.07) is 13.2. The molecule has 0 unspecified atom stereocenters. The van der Waals surface area contributed by atoms with Crippen molar-refractivity contribution in [2.45, 2.75) is 57.1 Å². The van der Waals surface area contributed by atoms with Crippen LogP contribution >= 0.6 is 11.6 Å². The van der Waals surface area contributed by atoms with Gasteiger partial charge in [0.05, 0.1) is 17.7 Å². The highest BCUT2D eigenvalue weighted by molar-refractivity contribution is 6.32. The van der Waals surface area contributed by atoms with Crippen LogP contribution in [0.3, 0.4) is 0 Å². The number of para-hydroxylation sites is 1. The van der Waals surface area contributed by atoms with E-state index in [1.54, 1.807) is 18.2 Å². The number of benzene rings is 2. The van der Waals surface area contributed by atoms with Crippen molar-refractivity contribution in [3.05, 3.63) is 58.6 Å². The van der Waals surface area contributed by atoms with E-state index >= 15 is 0 Å². The Hall–Kier alpha value is -2.20. The second kappa shape index (κ2) is 8.04. The Bertz CT molecular complexity index is 861. The van der Waals surface area contributed by atoms with Gasteiger partial charge in [-0.25, -0.2) is 0 Å². The fraction of sp³-hybridized carbons (Fsp3) is 0.435. The van der Waals surface area contributed by atoms with Gasteiger partial charge in [0.2, 0.25) is 0 Å². The number of hydrogen-bond acceptors (Lipinski definition) is 3. The van der Waals surface area contributed by atoms with E-state index in [4.69, 9.17) is 21.1 Å². The number of carbonyl (C=O) groups is 1. The highest BCUT2D eigenvalue weighted by Crippen LogP contribution is 2.46. The molecule has 2 aliphatic rings. The molecule has 1 aliphatic heterocycles. The molecule has 1 amide bonds. The van der Waals surface area contributed by atoms with Crippen molar-refractivity contribution in [2.75, 3.05) is 6.61 Å². The van der Waals surface area contributed by atoms with E-state index in [9.17, 15) is 4.79 Å². The van der Waals surface area contributed by atoms with E-state index in [2.05, 4.69) is 5.32 Å². The van der Waals surface area contributed by atoms with Gasteiger partial charge in [0.1, 0.15) is 17.1 Å². The zero-order valence-electron chi connectivity index (χ0n) is 16.2. The number of carbonyl (C=O) groups excluding carboxylic acids is 1. The summed E-state index contributed by atoms with van der Waals surface area (Å²) in [5.41, 5.74) is 1.42. The minimum atomic E-state index is -0.166. The predicted octanol–water partition coefficient (Wildman–Crippen LogP) is 5.70. The van der Waals surface area contributed by atoms with Gasteiger partial charge >= 0.3 is 0 Å². The molecular weight excluding hydrogens is 374 g/mol. The van der Waals surface area contributed by atoms with Gasteiger partial charge in [-0.15, -0.1) is 0 Å². The molecule has 148 valence electrons. The molecule has 4 rings (SSSR count). The Morgan fingerprint density at radius 3 is 2.75 bits per heavy atom. The number of amides is 1. The van der Waals surface area contributed by atoms with Crippen LogP contribution in [0.2, 0.25) is 5.02 Å². The van der Waals surface area contributed by atoms with Crippen LogP contribution in [0.25, 0.3) is 0 Å². The molecule has 0 bridgehead atoms. The maximum atomic E-state index is 13.0. The van der Waals surface area contributed by atoms with Crippen LogP contribution in [0.5, 0.6) is 11.5 Å². The minimum absolute atomic E-state index is 0.0686. The number of nitrogens with one attached hydrogen (secondary N) is 1. The number of halogens is 1. The van der Waals surface area contributed by atoms with Gasteiger partial charge in [0.25, 0.3) is 5.91 Å². The number of hydrogen-bond donors (Lipinski definition) is 1. The Balaban J connectivity index is 1.57. The topological polar surface area (TPSA) is 47.6 Å². The number of fused-ring (bicyclic) bond motifs is 1. The maximum absolute atomic E-state index is 13.0. The van der Waals surface area contributed by atoms with E-state index in [0.29, 0.717) is 22.9 Å². The zero-order valence-corrected chi connectivity index (χ0v) is 16.9. The standard InChI is InChI=1S/C23H26ClNO3/c1-2-27-21-11-10-16(14-18(21)24)22(26)25-19-15-23(12-6-3-7-13-23)28-20-9-5-4-8-17(19)20/h4-5,8-11,14,19H,2-3,6-7,12-13,15H2,1H3,(H,25,26)/t19-/m0/s1. The van der Waals surface area contributed by atoms with Crippen LogP contribution in [-0.2, 0) is 0 Å². The highest BCUT2D eigenvalue weighted by atomic mass is 35.5. The van der Waals surface area contributed by atoms with Crippen molar-refractivity contribution in [3.63, 3.8) is 0 Å². The largest absolute Gasteiger partial charge is 0.492 e. The van der Waals surface area contributed by atoms with Crippen molar-refractivity contribution < 1.29 is 14.3 Å². The Morgan fingerprint density at radius 2 is 2.00 bits per heavy atom. The molecule has 1 spiro atoms. The summed E-state index contributed by atoms with van der Waals surface area (Å²) in [6.07, 6.45) is 6.51. The molecule has 1 atom stereocenters. The molecule has 1 N–H and O–H groups in total. The van der Waals surface area contributed by atoms with Crippen LogP contribution < -0.4 is 14.8 Å². The molecule has 4 nitrogen and oxygen atoms in total. The molecule has 2 aromatic rings. The average molecular weight is 400 g/mol. The van der Waals surface area contributed by atoms with Gasteiger partial charge in [-0.3, -0.25) is 4.79 Å². The van der Waals surface area contributed by atoms with Gasteiger partial charge in [-0.1, -0.05) is 36.2 Å². The number of ether oxygens (including phenoxy) is 2. The monoisotopic (exact) mass is 399 g/mol. The third kappa shape index (κ3) is 3.83. The first kappa shape index (κ1) is 19.1. The Labute approximate surface area is 171 Å². The van der Waals surface area contributed by atoms with E-state index in [1.165, 1.54) is 19.3 Å². The Kier molecular flexibility index (Phi) is 5.49. The third-order valence-electron chi connectivity index (χ3n) is 5.76. The summed E-state index contributed by atoms with van der Waals surface area (Å²) >= 11 is 6.27. The lowest BCUT2D eigenvalue weighted by Crippen LogP contribution is -2.46. The molecule has 0 saturated heterocycles. The quantitative estimate of drug-likeness (QED) is 0.717. The molecule has 5 heteroatoms. The van der Waals surface area contributed by atoms with Crippen LogP contribution in [0.15, 0.2) is 42.5 Å². The normalized spacial score (nSPS) is 20.1. The summed E-state index contributed by atoms with van der Waals surface area (Å²) in [7, 11) is 0. The summed E-state index contributed by atoms with van der Waals surface area (Å²) in [6.45, 7) is 2.44. The first-order valence-corrected chi connectivity index (χ1v) is 10.5. The fourth-order valence-electron chi connectivity index (χ4n) is 4.41. The van der Waals surface area contributed by atoms with E-state index in [1.807, 2.05) is 31.2 Å².